The summed E-state index contributed by atoms with van der Waals surface area (Å²) < 4.78 is 0. The molecule has 0 saturated heterocycles. The van der Waals surface area contributed by atoms with E-state index in [4.69, 9.17) is 10.8 Å². The molecule has 0 aliphatic heterocycles. The molecule has 0 rings (SSSR count). The van der Waals surface area contributed by atoms with Crippen molar-refractivity contribution >= 4 is 5.96 Å². The van der Waals surface area contributed by atoms with E-state index in [1.165, 1.54) is 0 Å². The molecule has 4 nitrogen and oxygen atoms in total. The highest BCUT2D eigenvalue weighted by molar-refractivity contribution is 5.77. The Bertz CT molecular complexity index is 169. The molecule has 0 spiro atoms. The van der Waals surface area contributed by atoms with Crippen LogP contribution in [0.15, 0.2) is 4.99 Å². The number of hydrogen-bond donors (Lipinski definition) is 3. The van der Waals surface area contributed by atoms with E-state index in [-0.39, 0.29) is 0 Å². The quantitative estimate of drug-likeness (QED) is 0.322. The zero-order valence-corrected chi connectivity index (χ0v) is 10.00. The van der Waals surface area contributed by atoms with Crippen molar-refractivity contribution < 1.29 is 5.11 Å². The van der Waals surface area contributed by atoms with Crippen LogP contribution in [-0.4, -0.2) is 30.8 Å². The van der Waals surface area contributed by atoms with Gasteiger partial charge in [0, 0.05) is 19.7 Å². The zero-order chi connectivity index (χ0) is 11.5. The van der Waals surface area contributed by atoms with E-state index in [9.17, 15) is 0 Å². The van der Waals surface area contributed by atoms with Gasteiger partial charge in [-0.2, -0.15) is 0 Å². The van der Waals surface area contributed by atoms with E-state index in [0.29, 0.717) is 18.5 Å². The van der Waals surface area contributed by atoms with Gasteiger partial charge >= 0.3 is 0 Å². The van der Waals surface area contributed by atoms with Crippen LogP contribution in [0, 0.1) is 5.92 Å². The molecule has 0 aromatic rings. The van der Waals surface area contributed by atoms with Crippen molar-refractivity contribution in [3.05, 3.63) is 0 Å². The highest BCUT2D eigenvalue weighted by atomic mass is 16.2. The van der Waals surface area contributed by atoms with Gasteiger partial charge < -0.3 is 16.2 Å². The van der Waals surface area contributed by atoms with E-state index in [1.807, 2.05) is 0 Å². The lowest BCUT2D eigenvalue weighted by Crippen LogP contribution is -2.32. The fourth-order valence-corrected chi connectivity index (χ4v) is 1.14. The van der Waals surface area contributed by atoms with E-state index in [0.717, 1.165) is 38.8 Å². The number of nitrogens with one attached hydrogen (secondary N) is 1. The second kappa shape index (κ2) is 9.77. The van der Waals surface area contributed by atoms with Gasteiger partial charge in [-0.1, -0.05) is 26.7 Å². The Morgan fingerprint density at radius 2 is 1.93 bits per heavy atom. The van der Waals surface area contributed by atoms with E-state index < -0.39 is 0 Å². The SMILES string of the molecule is CC(C)CN=C(N)NCCCCCCO. The number of aliphatic hydroxyl groups is 1. The molecular formula is C11H25N3O. The Morgan fingerprint density at radius 3 is 2.53 bits per heavy atom. The molecule has 90 valence electrons. The summed E-state index contributed by atoms with van der Waals surface area (Å²) in [6, 6.07) is 0. The zero-order valence-electron chi connectivity index (χ0n) is 10.00. The topological polar surface area (TPSA) is 70.6 Å². The van der Waals surface area contributed by atoms with Gasteiger partial charge in [0.15, 0.2) is 5.96 Å². The Hall–Kier alpha value is -0.770. The summed E-state index contributed by atoms with van der Waals surface area (Å²) in [5, 5.41) is 11.7. The van der Waals surface area contributed by atoms with Crippen molar-refractivity contribution in [3.63, 3.8) is 0 Å². The minimum atomic E-state index is 0.297. The lowest BCUT2D eigenvalue weighted by Gasteiger charge is -2.06. The molecular weight excluding hydrogens is 190 g/mol. The standard InChI is InChI=1S/C11H25N3O/c1-10(2)9-14-11(12)13-7-5-3-4-6-8-15/h10,15H,3-9H2,1-2H3,(H3,12,13,14). The molecule has 0 fully saturated rings. The third kappa shape index (κ3) is 11.2. The van der Waals surface area contributed by atoms with Crippen molar-refractivity contribution in [2.45, 2.75) is 39.5 Å². The number of aliphatic hydroxyl groups excluding tert-OH is 1. The smallest absolute Gasteiger partial charge is 0.188 e. The van der Waals surface area contributed by atoms with Crippen molar-refractivity contribution in [2.24, 2.45) is 16.6 Å². The predicted octanol–water partition coefficient (Wildman–Crippen LogP) is 1.10. The fraction of sp³-hybridized carbons (Fsp3) is 0.909. The Kier molecular flexibility index (Phi) is 9.27. The van der Waals surface area contributed by atoms with Gasteiger partial charge in [0.05, 0.1) is 0 Å². The maximum Gasteiger partial charge on any atom is 0.188 e. The van der Waals surface area contributed by atoms with Gasteiger partial charge in [0.1, 0.15) is 0 Å². The van der Waals surface area contributed by atoms with Crippen molar-refractivity contribution in [1.82, 2.24) is 5.32 Å². The van der Waals surface area contributed by atoms with Crippen LogP contribution < -0.4 is 11.1 Å². The molecule has 0 amide bonds. The highest BCUT2D eigenvalue weighted by Gasteiger charge is 1.94. The lowest BCUT2D eigenvalue weighted by molar-refractivity contribution is 0.282. The maximum absolute atomic E-state index is 8.58. The first-order valence-electron chi connectivity index (χ1n) is 5.81. The molecule has 4 heteroatoms. The Labute approximate surface area is 93.0 Å². The molecule has 0 aromatic heterocycles. The second-order valence-electron chi connectivity index (χ2n) is 4.18. The van der Waals surface area contributed by atoms with Gasteiger partial charge in [0.25, 0.3) is 0 Å². The molecule has 15 heavy (non-hydrogen) atoms. The van der Waals surface area contributed by atoms with Crippen LogP contribution in [0.4, 0.5) is 0 Å². The molecule has 0 bridgehead atoms. The lowest BCUT2D eigenvalue weighted by atomic mass is 10.2. The number of rotatable bonds is 8. The van der Waals surface area contributed by atoms with Gasteiger partial charge in [-0.15, -0.1) is 0 Å². The first-order chi connectivity index (χ1) is 7.16. The van der Waals surface area contributed by atoms with E-state index in [1.54, 1.807) is 0 Å². The number of nitrogens with zero attached hydrogens (tertiary/aromatic N) is 1. The summed E-state index contributed by atoms with van der Waals surface area (Å²) in [7, 11) is 0. The normalized spacial score (nSPS) is 12.1. The summed E-state index contributed by atoms with van der Waals surface area (Å²) in [5.74, 6) is 1.10. The monoisotopic (exact) mass is 215 g/mol. The molecule has 0 atom stereocenters. The molecule has 0 heterocycles. The number of unbranched alkanes of at least 4 members (excludes halogenated alkanes) is 3. The Morgan fingerprint density at radius 1 is 1.27 bits per heavy atom. The number of guanidine groups is 1. The Balaban J connectivity index is 3.30. The van der Waals surface area contributed by atoms with Crippen LogP contribution in [0.25, 0.3) is 0 Å². The molecule has 0 aliphatic rings. The minimum absolute atomic E-state index is 0.297. The molecule has 0 aromatic carbocycles. The summed E-state index contributed by atoms with van der Waals surface area (Å²) in [4.78, 5) is 4.20. The third-order valence-corrected chi connectivity index (χ3v) is 2.02. The molecule has 0 radical (unpaired) electrons. The predicted molar refractivity (Wildman–Crippen MR) is 64.9 cm³/mol. The van der Waals surface area contributed by atoms with Crippen molar-refractivity contribution in [3.8, 4) is 0 Å². The van der Waals surface area contributed by atoms with E-state index in [2.05, 4.69) is 24.2 Å². The third-order valence-electron chi connectivity index (χ3n) is 2.02. The maximum atomic E-state index is 8.58. The average molecular weight is 215 g/mol. The minimum Gasteiger partial charge on any atom is -0.396 e. The number of aliphatic imine (C=N–C) groups is 1. The second-order valence-corrected chi connectivity index (χ2v) is 4.18. The van der Waals surface area contributed by atoms with Crippen LogP contribution >= 0.6 is 0 Å². The largest absolute Gasteiger partial charge is 0.396 e. The van der Waals surface area contributed by atoms with Gasteiger partial charge in [-0.25, -0.2) is 0 Å². The summed E-state index contributed by atoms with van der Waals surface area (Å²) in [6.07, 6.45) is 4.20. The molecule has 0 aliphatic carbocycles. The van der Waals surface area contributed by atoms with E-state index >= 15 is 0 Å². The van der Waals surface area contributed by atoms with Crippen LogP contribution in [0.3, 0.4) is 0 Å². The molecule has 4 N–H and O–H groups in total. The first-order valence-corrected chi connectivity index (χ1v) is 5.81. The highest BCUT2D eigenvalue weighted by Crippen LogP contribution is 1.97. The van der Waals surface area contributed by atoms with Gasteiger partial charge in [-0.05, 0) is 18.8 Å². The average Bonchev–Trinajstić information content (AvgIpc) is 2.20. The van der Waals surface area contributed by atoms with Crippen molar-refractivity contribution in [2.75, 3.05) is 19.7 Å². The summed E-state index contributed by atoms with van der Waals surface area (Å²) in [5.41, 5.74) is 5.66. The molecule has 0 saturated carbocycles. The number of nitrogens with two attached hydrogens (primary N) is 1. The first kappa shape index (κ1) is 14.2. The molecule has 0 unspecified atom stereocenters. The summed E-state index contributed by atoms with van der Waals surface area (Å²) >= 11 is 0. The van der Waals surface area contributed by atoms with Crippen LogP contribution in [0.2, 0.25) is 0 Å². The van der Waals surface area contributed by atoms with Gasteiger partial charge in [-0.3, -0.25) is 4.99 Å². The fourth-order valence-electron chi connectivity index (χ4n) is 1.14. The van der Waals surface area contributed by atoms with Crippen molar-refractivity contribution in [1.29, 1.82) is 0 Å². The van der Waals surface area contributed by atoms with Crippen LogP contribution in [0.5, 0.6) is 0 Å². The summed E-state index contributed by atoms with van der Waals surface area (Å²) in [6.45, 7) is 6.19. The van der Waals surface area contributed by atoms with Crippen LogP contribution in [-0.2, 0) is 0 Å². The van der Waals surface area contributed by atoms with Gasteiger partial charge in [0.2, 0.25) is 0 Å². The number of hydrogen-bond acceptors (Lipinski definition) is 2. The van der Waals surface area contributed by atoms with Crippen LogP contribution in [0.1, 0.15) is 39.5 Å².